The van der Waals surface area contributed by atoms with Crippen molar-refractivity contribution >= 4 is 0 Å². The van der Waals surface area contributed by atoms with Crippen molar-refractivity contribution in [3.8, 4) is 0 Å². The summed E-state index contributed by atoms with van der Waals surface area (Å²) in [5, 5.41) is 0. The topological polar surface area (TPSA) is 0 Å². The summed E-state index contributed by atoms with van der Waals surface area (Å²) in [6.07, 6.45) is 29.9. The minimum absolute atomic E-state index is 0.0794. The van der Waals surface area contributed by atoms with Crippen LogP contribution in [0, 0.1) is 11.3 Å². The van der Waals surface area contributed by atoms with Crippen molar-refractivity contribution in [3.05, 3.63) is 107 Å². The molecule has 190 valence electrons. The highest BCUT2D eigenvalue weighted by Gasteiger charge is 2.54. The fraction of sp³-hybridized carbons (Fsp3) is 0.486. The van der Waals surface area contributed by atoms with E-state index >= 15 is 0 Å². The normalized spacial score (nSPS) is 26.1. The lowest BCUT2D eigenvalue weighted by Crippen LogP contribution is -2.37. The molecule has 3 atom stereocenters. The smallest absolute Gasteiger partial charge is 0.0487 e. The highest BCUT2D eigenvalue weighted by atomic mass is 14.6. The van der Waals surface area contributed by atoms with Crippen LogP contribution >= 0.6 is 0 Å². The van der Waals surface area contributed by atoms with Crippen LogP contribution in [0.3, 0.4) is 0 Å². The fourth-order valence-corrected chi connectivity index (χ4v) is 5.87. The third kappa shape index (κ3) is 5.91. The lowest BCUT2D eigenvalue weighted by Gasteiger charge is -2.42. The van der Waals surface area contributed by atoms with Crippen LogP contribution in [0.4, 0.5) is 0 Å². The van der Waals surface area contributed by atoms with Crippen LogP contribution in [-0.2, 0) is 5.41 Å². The number of benzene rings is 1. The van der Waals surface area contributed by atoms with Crippen LogP contribution in [0.1, 0.15) is 105 Å². The van der Waals surface area contributed by atoms with E-state index in [-0.39, 0.29) is 10.8 Å². The number of hydrogen-bond acceptors (Lipinski definition) is 0. The van der Waals surface area contributed by atoms with Gasteiger partial charge in [0.1, 0.15) is 0 Å². The van der Waals surface area contributed by atoms with E-state index < -0.39 is 0 Å². The average Bonchev–Trinajstić information content (AvgIpc) is 3.07. The summed E-state index contributed by atoms with van der Waals surface area (Å²) in [5.74, 6) is 1.06. The second-order valence-electron chi connectivity index (χ2n) is 9.93. The Morgan fingerprint density at radius 3 is 2.49 bits per heavy atom. The quantitative estimate of drug-likeness (QED) is 0.286. The number of rotatable bonds is 6. The van der Waals surface area contributed by atoms with Gasteiger partial charge in [-0.3, -0.25) is 0 Å². The Bertz CT molecular complexity index is 975. The highest BCUT2D eigenvalue weighted by Crippen LogP contribution is 2.61. The third-order valence-corrected chi connectivity index (χ3v) is 7.31. The summed E-state index contributed by atoms with van der Waals surface area (Å²) in [5.41, 5.74) is 5.98. The van der Waals surface area contributed by atoms with E-state index in [9.17, 15) is 0 Å². The maximum atomic E-state index is 2.54. The Morgan fingerprint density at radius 2 is 1.77 bits per heavy atom. The zero-order valence-electron chi connectivity index (χ0n) is 23.8. The summed E-state index contributed by atoms with van der Waals surface area (Å²) in [6.45, 7) is 17.1. The molecule has 0 heterocycles. The van der Waals surface area contributed by atoms with Crippen molar-refractivity contribution in [1.29, 1.82) is 0 Å². The minimum atomic E-state index is -0.0892. The van der Waals surface area contributed by atoms with Crippen molar-refractivity contribution in [1.82, 2.24) is 0 Å². The molecule has 0 heteroatoms. The molecule has 1 aromatic carbocycles. The Morgan fingerprint density at radius 1 is 1.03 bits per heavy atom. The Balaban J connectivity index is 0.00000103. The van der Waals surface area contributed by atoms with Crippen molar-refractivity contribution in [3.63, 3.8) is 0 Å². The molecule has 3 aliphatic rings. The Labute approximate surface area is 217 Å². The predicted octanol–water partition coefficient (Wildman–Crippen LogP) is 10.8. The molecule has 0 saturated heterocycles. The molecule has 0 nitrogen and oxygen atoms in total. The molecule has 0 spiro atoms. The van der Waals surface area contributed by atoms with Crippen LogP contribution < -0.4 is 0 Å². The van der Waals surface area contributed by atoms with E-state index in [0.717, 1.165) is 12.8 Å². The van der Waals surface area contributed by atoms with Gasteiger partial charge in [0.2, 0.25) is 0 Å². The second kappa shape index (κ2) is 13.7. The maximum Gasteiger partial charge on any atom is 0.0487 e. The number of fused-ring (bicyclic) bond motifs is 3. The lowest BCUT2D eigenvalue weighted by atomic mass is 9.60. The molecular formula is C35H50. The van der Waals surface area contributed by atoms with Crippen LogP contribution in [0.15, 0.2) is 96.2 Å². The first kappa shape index (κ1) is 28.9. The molecule has 0 bridgehead atoms. The first-order chi connectivity index (χ1) is 17.0. The molecule has 0 saturated carbocycles. The summed E-state index contributed by atoms with van der Waals surface area (Å²) in [7, 11) is 0. The largest absolute Gasteiger partial charge is 0.0879 e. The first-order valence-corrected chi connectivity index (χ1v) is 14.3. The molecule has 0 aliphatic heterocycles. The molecule has 0 fully saturated rings. The molecule has 4 rings (SSSR count). The summed E-state index contributed by atoms with van der Waals surface area (Å²) < 4.78 is 0. The molecule has 0 N–H and O–H groups in total. The van der Waals surface area contributed by atoms with Gasteiger partial charge in [-0.1, -0.05) is 147 Å². The van der Waals surface area contributed by atoms with Gasteiger partial charge in [0.05, 0.1) is 0 Å². The fourth-order valence-electron chi connectivity index (χ4n) is 5.87. The Kier molecular flexibility index (Phi) is 11.3. The molecule has 0 radical (unpaired) electrons. The molecule has 3 aliphatic carbocycles. The number of allylic oxidation sites excluding steroid dienone is 12. The van der Waals surface area contributed by atoms with E-state index in [2.05, 4.69) is 113 Å². The van der Waals surface area contributed by atoms with E-state index in [1.807, 2.05) is 27.7 Å². The van der Waals surface area contributed by atoms with Gasteiger partial charge in [-0.2, -0.15) is 0 Å². The number of unbranched alkanes of at least 4 members (excludes halogenated alkanes) is 1. The van der Waals surface area contributed by atoms with E-state index in [1.165, 1.54) is 41.5 Å². The van der Waals surface area contributed by atoms with Crippen molar-refractivity contribution in [2.45, 2.75) is 98.8 Å². The summed E-state index contributed by atoms with van der Waals surface area (Å²) in [6, 6.07) is 9.27. The van der Waals surface area contributed by atoms with Crippen LogP contribution in [0.2, 0.25) is 0 Å². The molecule has 1 aromatic rings. The Hall–Kier alpha value is -2.34. The van der Waals surface area contributed by atoms with Gasteiger partial charge in [0, 0.05) is 16.7 Å². The highest BCUT2D eigenvalue weighted by molar-refractivity contribution is 5.64. The molecule has 0 aromatic heterocycles. The van der Waals surface area contributed by atoms with Gasteiger partial charge in [-0.15, -0.1) is 0 Å². The second-order valence-corrected chi connectivity index (χ2v) is 9.93. The van der Waals surface area contributed by atoms with Crippen molar-refractivity contribution in [2.75, 3.05) is 0 Å². The van der Waals surface area contributed by atoms with Gasteiger partial charge in [-0.05, 0) is 53.9 Å². The zero-order chi connectivity index (χ0) is 25.9. The van der Waals surface area contributed by atoms with Gasteiger partial charge in [-0.25, -0.2) is 0 Å². The zero-order valence-corrected chi connectivity index (χ0v) is 23.8. The SMILES string of the molecule is CC.CC.CC/C=C\C(=C/CCC)C1(C2=CC=CC(C)(C)C=C2)c2ccccc2C2C=CCCC21. The van der Waals surface area contributed by atoms with Crippen molar-refractivity contribution in [2.24, 2.45) is 11.3 Å². The monoisotopic (exact) mass is 470 g/mol. The molecule has 35 heavy (non-hydrogen) atoms. The minimum Gasteiger partial charge on any atom is -0.0879 e. The van der Waals surface area contributed by atoms with E-state index in [4.69, 9.17) is 0 Å². The van der Waals surface area contributed by atoms with Gasteiger partial charge in [0.25, 0.3) is 0 Å². The number of hydrogen-bond donors (Lipinski definition) is 0. The third-order valence-electron chi connectivity index (χ3n) is 7.31. The van der Waals surface area contributed by atoms with Gasteiger partial charge < -0.3 is 0 Å². The van der Waals surface area contributed by atoms with E-state index in [0.29, 0.717) is 11.8 Å². The van der Waals surface area contributed by atoms with Crippen LogP contribution in [0.25, 0.3) is 0 Å². The van der Waals surface area contributed by atoms with Gasteiger partial charge in [0.15, 0.2) is 0 Å². The lowest BCUT2D eigenvalue weighted by molar-refractivity contribution is 0.343. The predicted molar refractivity (Wildman–Crippen MR) is 158 cm³/mol. The standard InChI is InChI=1S/C31H38.2C2H6/c1-5-7-14-24(15-8-6-2)31(25-16-13-22-30(3,4)23-21-25)28-19-11-9-17-26(28)27-18-10-12-20-29(27)31;2*1-2/h7,9-11,13-19,21-23,27,29H,5-6,8,12,20H2,1-4H3;2*1-2H3/b14-7-,24-15+;;. The van der Waals surface area contributed by atoms with Crippen LogP contribution in [-0.4, -0.2) is 0 Å². The van der Waals surface area contributed by atoms with Crippen LogP contribution in [0.5, 0.6) is 0 Å². The van der Waals surface area contributed by atoms with Crippen molar-refractivity contribution < 1.29 is 0 Å². The molecular weight excluding hydrogens is 420 g/mol. The average molecular weight is 471 g/mol. The van der Waals surface area contributed by atoms with E-state index in [1.54, 1.807) is 0 Å². The first-order valence-electron chi connectivity index (χ1n) is 14.3. The maximum absolute atomic E-state index is 2.54. The van der Waals surface area contributed by atoms with Gasteiger partial charge >= 0.3 is 0 Å². The molecule has 0 amide bonds. The molecule has 3 unspecified atom stereocenters. The summed E-state index contributed by atoms with van der Waals surface area (Å²) >= 11 is 0. The summed E-state index contributed by atoms with van der Waals surface area (Å²) in [4.78, 5) is 0.